The van der Waals surface area contributed by atoms with Gasteiger partial charge in [0.05, 0.1) is 18.7 Å². The second-order valence-corrected chi connectivity index (χ2v) is 11.4. The van der Waals surface area contributed by atoms with Crippen molar-refractivity contribution in [1.29, 1.82) is 0 Å². The average molecular weight is 608 g/mol. The minimum Gasteiger partial charge on any atom is -0.480 e. The first-order valence-electron chi connectivity index (χ1n) is 10.1. The van der Waals surface area contributed by atoms with E-state index >= 15 is 0 Å². The Bertz CT molecular complexity index is 1470. The molecule has 10 heteroatoms. The monoisotopic (exact) mass is 606 g/mol. The molecule has 0 radical (unpaired) electrons. The lowest BCUT2D eigenvalue weighted by Crippen LogP contribution is -2.32. The van der Waals surface area contributed by atoms with Crippen LogP contribution in [0.5, 0.6) is 11.5 Å². The van der Waals surface area contributed by atoms with Crippen molar-refractivity contribution in [2.75, 3.05) is 0 Å². The molecule has 4 N–H and O–H groups in total. The first kappa shape index (κ1) is 24.5. The molecule has 0 bridgehead atoms. The van der Waals surface area contributed by atoms with Crippen LogP contribution in [0.2, 0.25) is 0 Å². The van der Waals surface area contributed by atoms with Gasteiger partial charge in [-0.15, -0.1) is 0 Å². The number of carbonyl (C=O) groups is 1. The summed E-state index contributed by atoms with van der Waals surface area (Å²) in [7, 11) is -3.73. The molecule has 0 saturated carbocycles. The number of aromatic nitrogens is 1. The van der Waals surface area contributed by atoms with Gasteiger partial charge in [-0.25, -0.2) is 8.42 Å². The predicted octanol–water partition coefficient (Wildman–Crippen LogP) is 5.58. The highest BCUT2D eigenvalue weighted by Crippen LogP contribution is 2.39. The Hall–Kier alpha value is -2.66. The number of nitrogens with two attached hydrogens (primary N) is 1. The Balaban J connectivity index is 1.68. The number of sulfone groups is 1. The zero-order chi connectivity index (χ0) is 24.6. The Labute approximate surface area is 213 Å². The van der Waals surface area contributed by atoms with Crippen LogP contribution in [-0.4, -0.2) is 30.5 Å². The number of aliphatic carboxylic acids is 1. The number of aryl methyl sites for hydroxylation is 1. The Morgan fingerprint density at radius 1 is 1.09 bits per heavy atom. The highest BCUT2D eigenvalue weighted by molar-refractivity contribution is 9.11. The van der Waals surface area contributed by atoms with Crippen LogP contribution in [0.4, 0.5) is 0 Å². The number of hydrogen-bond donors (Lipinski definition) is 3. The maximum Gasteiger partial charge on any atom is 0.320 e. The Morgan fingerprint density at radius 3 is 2.35 bits per heavy atom. The number of rotatable bonds is 7. The van der Waals surface area contributed by atoms with E-state index in [1.54, 1.807) is 54.6 Å². The molecule has 0 fully saturated rings. The van der Waals surface area contributed by atoms with Gasteiger partial charge in [0, 0.05) is 17.1 Å². The standard InChI is InChI=1S/C24H20Br2N2O5S/c1-13-2-5-16(6-3-13)34(31,32)22-12-28-21-7-4-15(11-17(21)22)33-23-18(25)8-14(9-19(23)26)10-20(27)24(29)30/h2-9,11-12,20,28H,10,27H2,1H3,(H,29,30)/t20-/m1/s1. The summed E-state index contributed by atoms with van der Waals surface area (Å²) in [5.41, 5.74) is 7.99. The van der Waals surface area contributed by atoms with Gasteiger partial charge >= 0.3 is 5.97 Å². The summed E-state index contributed by atoms with van der Waals surface area (Å²) in [6, 6.07) is 14.3. The minimum atomic E-state index is -3.73. The Morgan fingerprint density at radius 2 is 1.74 bits per heavy atom. The number of benzene rings is 3. The highest BCUT2D eigenvalue weighted by atomic mass is 79.9. The summed E-state index contributed by atoms with van der Waals surface area (Å²) in [4.78, 5) is 14.4. The van der Waals surface area contributed by atoms with Crippen molar-refractivity contribution in [1.82, 2.24) is 4.98 Å². The van der Waals surface area contributed by atoms with Crippen LogP contribution in [0, 0.1) is 6.92 Å². The van der Waals surface area contributed by atoms with Crippen molar-refractivity contribution in [3.63, 3.8) is 0 Å². The molecule has 176 valence electrons. The molecular formula is C24H20Br2N2O5S. The number of ether oxygens (including phenoxy) is 1. The normalized spacial score (nSPS) is 12.6. The molecule has 0 unspecified atom stereocenters. The third-order valence-electron chi connectivity index (χ3n) is 5.29. The van der Waals surface area contributed by atoms with Gasteiger partial charge < -0.3 is 20.6 Å². The van der Waals surface area contributed by atoms with E-state index in [0.29, 0.717) is 36.9 Å². The molecule has 3 aromatic carbocycles. The van der Waals surface area contributed by atoms with Crippen molar-refractivity contribution >= 4 is 58.6 Å². The van der Waals surface area contributed by atoms with E-state index in [1.807, 2.05) is 6.92 Å². The van der Waals surface area contributed by atoms with Crippen molar-refractivity contribution < 1.29 is 23.1 Å². The van der Waals surface area contributed by atoms with Gasteiger partial charge in [-0.1, -0.05) is 17.7 Å². The van der Waals surface area contributed by atoms with E-state index in [4.69, 9.17) is 15.6 Å². The van der Waals surface area contributed by atoms with Crippen LogP contribution < -0.4 is 10.5 Å². The fourth-order valence-corrected chi connectivity index (χ4v) is 6.36. The molecule has 0 aliphatic rings. The lowest BCUT2D eigenvalue weighted by Gasteiger charge is -2.13. The fraction of sp³-hybridized carbons (Fsp3) is 0.125. The van der Waals surface area contributed by atoms with Crippen molar-refractivity contribution in [2.45, 2.75) is 29.2 Å². The van der Waals surface area contributed by atoms with Gasteiger partial charge in [-0.05, 0) is 93.2 Å². The molecule has 0 spiro atoms. The van der Waals surface area contributed by atoms with Crippen LogP contribution >= 0.6 is 31.9 Å². The van der Waals surface area contributed by atoms with E-state index in [9.17, 15) is 13.2 Å². The SMILES string of the molecule is Cc1ccc(S(=O)(=O)c2c[nH]c3ccc(Oc4c(Br)cc(C[C@@H](N)C(=O)O)cc4Br)cc23)cc1. The lowest BCUT2D eigenvalue weighted by molar-refractivity contribution is -0.138. The summed E-state index contributed by atoms with van der Waals surface area (Å²) < 4.78 is 33.7. The zero-order valence-electron chi connectivity index (χ0n) is 17.9. The van der Waals surface area contributed by atoms with E-state index in [1.165, 1.54) is 6.20 Å². The van der Waals surface area contributed by atoms with Gasteiger partial charge in [-0.2, -0.15) is 0 Å². The minimum absolute atomic E-state index is 0.155. The smallest absolute Gasteiger partial charge is 0.320 e. The first-order valence-corrected chi connectivity index (χ1v) is 13.2. The van der Waals surface area contributed by atoms with Crippen LogP contribution in [0.1, 0.15) is 11.1 Å². The lowest BCUT2D eigenvalue weighted by atomic mass is 10.1. The van der Waals surface area contributed by atoms with Gasteiger partial charge in [0.15, 0.2) is 5.75 Å². The molecule has 0 amide bonds. The highest BCUT2D eigenvalue weighted by Gasteiger charge is 2.22. The molecule has 34 heavy (non-hydrogen) atoms. The molecular weight excluding hydrogens is 588 g/mol. The van der Waals surface area contributed by atoms with Gasteiger partial charge in [0.25, 0.3) is 0 Å². The molecule has 0 aliphatic carbocycles. The summed E-state index contributed by atoms with van der Waals surface area (Å²) in [6.45, 7) is 1.90. The van der Waals surface area contributed by atoms with E-state index in [-0.39, 0.29) is 16.2 Å². The third-order valence-corrected chi connectivity index (χ3v) is 8.27. The van der Waals surface area contributed by atoms with E-state index in [0.717, 1.165) is 5.56 Å². The molecule has 1 heterocycles. The van der Waals surface area contributed by atoms with Crippen molar-refractivity contribution in [3.05, 3.63) is 80.9 Å². The molecule has 7 nitrogen and oxygen atoms in total. The Kier molecular flexibility index (Phi) is 6.86. The predicted molar refractivity (Wildman–Crippen MR) is 136 cm³/mol. The summed E-state index contributed by atoms with van der Waals surface area (Å²) in [5, 5.41) is 9.55. The van der Waals surface area contributed by atoms with Gasteiger partial charge in [0.2, 0.25) is 9.84 Å². The quantitative estimate of drug-likeness (QED) is 0.252. The number of halogens is 2. The van der Waals surface area contributed by atoms with Crippen LogP contribution in [0.15, 0.2) is 79.5 Å². The summed E-state index contributed by atoms with van der Waals surface area (Å²) in [6.07, 6.45) is 1.64. The molecule has 0 aliphatic heterocycles. The number of H-pyrrole nitrogens is 1. The van der Waals surface area contributed by atoms with E-state index in [2.05, 4.69) is 36.8 Å². The van der Waals surface area contributed by atoms with Crippen LogP contribution in [0.3, 0.4) is 0 Å². The van der Waals surface area contributed by atoms with Crippen molar-refractivity contribution in [2.24, 2.45) is 5.73 Å². The number of carboxylic acid groups (broad SMARTS) is 1. The van der Waals surface area contributed by atoms with Gasteiger partial charge in [0.1, 0.15) is 11.8 Å². The topological polar surface area (TPSA) is 122 Å². The van der Waals surface area contributed by atoms with Crippen LogP contribution in [-0.2, 0) is 21.1 Å². The number of hydrogen-bond acceptors (Lipinski definition) is 5. The molecule has 1 aromatic heterocycles. The average Bonchev–Trinajstić information content (AvgIpc) is 3.20. The molecule has 4 rings (SSSR count). The number of fused-ring (bicyclic) bond motifs is 1. The van der Waals surface area contributed by atoms with E-state index < -0.39 is 21.8 Å². The number of aromatic amines is 1. The number of carboxylic acids is 1. The first-order chi connectivity index (χ1) is 16.1. The van der Waals surface area contributed by atoms with Gasteiger partial charge in [-0.3, -0.25) is 4.79 Å². The largest absolute Gasteiger partial charge is 0.480 e. The number of nitrogens with one attached hydrogen (secondary N) is 1. The zero-order valence-corrected chi connectivity index (χ0v) is 21.9. The second kappa shape index (κ2) is 9.53. The molecule has 0 saturated heterocycles. The van der Waals surface area contributed by atoms with Crippen LogP contribution in [0.25, 0.3) is 10.9 Å². The molecule has 4 aromatic rings. The summed E-state index contributed by atoms with van der Waals surface area (Å²) >= 11 is 6.92. The maximum absolute atomic E-state index is 13.2. The van der Waals surface area contributed by atoms with Crippen molar-refractivity contribution in [3.8, 4) is 11.5 Å². The summed E-state index contributed by atoms with van der Waals surface area (Å²) in [5.74, 6) is -0.182. The molecule has 1 atom stereocenters. The second-order valence-electron chi connectivity index (χ2n) is 7.82. The third kappa shape index (κ3) is 4.90. The maximum atomic E-state index is 13.2. The fourth-order valence-electron chi connectivity index (χ4n) is 3.49.